The zero-order chi connectivity index (χ0) is 12.8. The molecule has 5 heteroatoms. The lowest BCUT2D eigenvalue weighted by atomic mass is 10.4. The molecule has 102 valence electrons. The SMILES string of the molecule is CCCOCCCNCC(=O)NCCCOC. The largest absolute Gasteiger partial charge is 0.385 e. The molecule has 0 saturated heterocycles. The molecule has 2 N–H and O–H groups in total. The molecule has 0 aromatic carbocycles. The van der Waals surface area contributed by atoms with Gasteiger partial charge in [-0.3, -0.25) is 4.79 Å². The molecule has 0 bridgehead atoms. The number of methoxy groups -OCH3 is 1. The molecule has 0 aromatic heterocycles. The van der Waals surface area contributed by atoms with Gasteiger partial charge in [0, 0.05) is 33.5 Å². The first-order valence-electron chi connectivity index (χ1n) is 6.35. The summed E-state index contributed by atoms with van der Waals surface area (Å²) in [6.45, 7) is 6.22. The van der Waals surface area contributed by atoms with E-state index in [0.29, 0.717) is 19.7 Å². The van der Waals surface area contributed by atoms with E-state index in [1.54, 1.807) is 7.11 Å². The van der Waals surface area contributed by atoms with Gasteiger partial charge in [-0.2, -0.15) is 0 Å². The lowest BCUT2D eigenvalue weighted by molar-refractivity contribution is -0.120. The number of amides is 1. The first-order valence-corrected chi connectivity index (χ1v) is 6.35. The fourth-order valence-electron chi connectivity index (χ4n) is 1.25. The maximum absolute atomic E-state index is 11.3. The van der Waals surface area contributed by atoms with Crippen molar-refractivity contribution in [2.75, 3.05) is 46.6 Å². The Morgan fingerprint density at radius 1 is 1.12 bits per heavy atom. The highest BCUT2D eigenvalue weighted by Gasteiger charge is 1.98. The Kier molecular flexibility index (Phi) is 12.9. The second kappa shape index (κ2) is 13.4. The molecule has 0 unspecified atom stereocenters. The zero-order valence-electron chi connectivity index (χ0n) is 11.1. The second-order valence-corrected chi connectivity index (χ2v) is 3.84. The molecule has 0 heterocycles. The summed E-state index contributed by atoms with van der Waals surface area (Å²) in [6, 6.07) is 0. The van der Waals surface area contributed by atoms with Crippen LogP contribution in [0, 0.1) is 0 Å². The van der Waals surface area contributed by atoms with E-state index in [0.717, 1.165) is 39.0 Å². The summed E-state index contributed by atoms with van der Waals surface area (Å²) in [6.07, 6.45) is 2.85. The molecule has 17 heavy (non-hydrogen) atoms. The van der Waals surface area contributed by atoms with Crippen LogP contribution >= 0.6 is 0 Å². The van der Waals surface area contributed by atoms with Crippen molar-refractivity contribution in [1.29, 1.82) is 0 Å². The highest BCUT2D eigenvalue weighted by molar-refractivity contribution is 5.77. The molecule has 0 aliphatic rings. The van der Waals surface area contributed by atoms with Crippen molar-refractivity contribution in [2.24, 2.45) is 0 Å². The van der Waals surface area contributed by atoms with Gasteiger partial charge in [0.15, 0.2) is 0 Å². The van der Waals surface area contributed by atoms with Gasteiger partial charge in [-0.25, -0.2) is 0 Å². The van der Waals surface area contributed by atoms with Gasteiger partial charge >= 0.3 is 0 Å². The maximum atomic E-state index is 11.3. The van der Waals surface area contributed by atoms with Crippen molar-refractivity contribution < 1.29 is 14.3 Å². The fourth-order valence-corrected chi connectivity index (χ4v) is 1.25. The van der Waals surface area contributed by atoms with Crippen molar-refractivity contribution in [3.63, 3.8) is 0 Å². The average Bonchev–Trinajstić information content (AvgIpc) is 2.33. The number of carbonyl (C=O) groups excluding carboxylic acids is 1. The van der Waals surface area contributed by atoms with Crippen LogP contribution in [0.15, 0.2) is 0 Å². The molecule has 0 aromatic rings. The van der Waals surface area contributed by atoms with Crippen LogP contribution in [0.4, 0.5) is 0 Å². The van der Waals surface area contributed by atoms with Gasteiger partial charge in [-0.15, -0.1) is 0 Å². The Morgan fingerprint density at radius 2 is 1.88 bits per heavy atom. The standard InChI is InChI=1S/C12H26N2O3/c1-3-8-17-10-4-6-13-11-12(15)14-7-5-9-16-2/h13H,3-11H2,1-2H3,(H,14,15). The third-order valence-corrected chi connectivity index (χ3v) is 2.12. The summed E-state index contributed by atoms with van der Waals surface area (Å²) in [4.78, 5) is 11.3. The van der Waals surface area contributed by atoms with Crippen LogP contribution in [0.5, 0.6) is 0 Å². The summed E-state index contributed by atoms with van der Waals surface area (Å²) in [5.41, 5.74) is 0. The quantitative estimate of drug-likeness (QED) is 0.494. The van der Waals surface area contributed by atoms with Crippen molar-refractivity contribution >= 4 is 5.91 Å². The van der Waals surface area contributed by atoms with Crippen LogP contribution in [-0.4, -0.2) is 52.5 Å². The predicted octanol–water partition coefficient (Wildman–Crippen LogP) is 0.545. The van der Waals surface area contributed by atoms with Gasteiger partial charge in [-0.1, -0.05) is 6.92 Å². The summed E-state index contributed by atoms with van der Waals surface area (Å²) >= 11 is 0. The predicted molar refractivity (Wildman–Crippen MR) is 68.1 cm³/mol. The molecule has 0 fully saturated rings. The molecule has 1 amide bonds. The van der Waals surface area contributed by atoms with Crippen LogP contribution in [0.1, 0.15) is 26.2 Å². The molecule has 5 nitrogen and oxygen atoms in total. The van der Waals surface area contributed by atoms with E-state index in [4.69, 9.17) is 9.47 Å². The number of rotatable bonds is 12. The Labute approximate surface area is 104 Å². The molecule has 0 aliphatic carbocycles. The number of carbonyl (C=O) groups is 1. The summed E-state index contributed by atoms with van der Waals surface area (Å²) in [5, 5.41) is 5.90. The first-order chi connectivity index (χ1) is 8.31. The van der Waals surface area contributed by atoms with Gasteiger partial charge in [0.05, 0.1) is 6.54 Å². The van der Waals surface area contributed by atoms with E-state index in [1.165, 1.54) is 0 Å². The van der Waals surface area contributed by atoms with E-state index < -0.39 is 0 Å². The Morgan fingerprint density at radius 3 is 2.59 bits per heavy atom. The number of hydrogen-bond donors (Lipinski definition) is 2. The van der Waals surface area contributed by atoms with Gasteiger partial charge in [-0.05, 0) is 25.8 Å². The molecule has 0 atom stereocenters. The van der Waals surface area contributed by atoms with Crippen LogP contribution < -0.4 is 10.6 Å². The minimum atomic E-state index is 0.0376. The van der Waals surface area contributed by atoms with Gasteiger partial charge in [0.1, 0.15) is 0 Å². The highest BCUT2D eigenvalue weighted by atomic mass is 16.5. The Balaban J connectivity index is 3.11. The van der Waals surface area contributed by atoms with Gasteiger partial charge < -0.3 is 20.1 Å². The minimum Gasteiger partial charge on any atom is -0.385 e. The van der Waals surface area contributed by atoms with Crippen LogP contribution in [0.2, 0.25) is 0 Å². The summed E-state index contributed by atoms with van der Waals surface area (Å²) < 4.78 is 10.2. The van der Waals surface area contributed by atoms with E-state index >= 15 is 0 Å². The maximum Gasteiger partial charge on any atom is 0.233 e. The minimum absolute atomic E-state index is 0.0376. The zero-order valence-corrected chi connectivity index (χ0v) is 11.1. The summed E-state index contributed by atoms with van der Waals surface area (Å²) in [7, 11) is 1.66. The van der Waals surface area contributed by atoms with Crippen molar-refractivity contribution in [2.45, 2.75) is 26.2 Å². The number of ether oxygens (including phenoxy) is 2. The van der Waals surface area contributed by atoms with Crippen molar-refractivity contribution in [3.8, 4) is 0 Å². The highest BCUT2D eigenvalue weighted by Crippen LogP contribution is 1.83. The normalized spacial score (nSPS) is 10.5. The fraction of sp³-hybridized carbons (Fsp3) is 0.917. The molecular weight excluding hydrogens is 220 g/mol. The van der Waals surface area contributed by atoms with Crippen LogP contribution in [0.25, 0.3) is 0 Å². The smallest absolute Gasteiger partial charge is 0.233 e. The third-order valence-electron chi connectivity index (χ3n) is 2.12. The van der Waals surface area contributed by atoms with Crippen LogP contribution in [0.3, 0.4) is 0 Å². The van der Waals surface area contributed by atoms with Crippen LogP contribution in [-0.2, 0) is 14.3 Å². The second-order valence-electron chi connectivity index (χ2n) is 3.84. The monoisotopic (exact) mass is 246 g/mol. The molecule has 0 radical (unpaired) electrons. The van der Waals surface area contributed by atoms with E-state index in [-0.39, 0.29) is 5.91 Å². The molecule has 0 rings (SSSR count). The topological polar surface area (TPSA) is 59.6 Å². The lowest BCUT2D eigenvalue weighted by Gasteiger charge is -2.06. The van der Waals surface area contributed by atoms with Gasteiger partial charge in [0.25, 0.3) is 0 Å². The third kappa shape index (κ3) is 13.3. The first kappa shape index (κ1) is 16.4. The van der Waals surface area contributed by atoms with Crippen molar-refractivity contribution in [3.05, 3.63) is 0 Å². The Bertz CT molecular complexity index is 177. The molecule has 0 spiro atoms. The lowest BCUT2D eigenvalue weighted by Crippen LogP contribution is -2.35. The van der Waals surface area contributed by atoms with E-state index in [2.05, 4.69) is 17.6 Å². The van der Waals surface area contributed by atoms with Gasteiger partial charge in [0.2, 0.25) is 5.91 Å². The number of hydrogen-bond acceptors (Lipinski definition) is 4. The van der Waals surface area contributed by atoms with Crippen molar-refractivity contribution in [1.82, 2.24) is 10.6 Å². The molecular formula is C12H26N2O3. The molecule has 0 aliphatic heterocycles. The van der Waals surface area contributed by atoms with E-state index in [9.17, 15) is 4.79 Å². The number of nitrogens with one attached hydrogen (secondary N) is 2. The Hall–Kier alpha value is -0.650. The molecule has 0 saturated carbocycles. The average molecular weight is 246 g/mol. The summed E-state index contributed by atoms with van der Waals surface area (Å²) in [5.74, 6) is 0.0376. The van der Waals surface area contributed by atoms with E-state index in [1.807, 2.05) is 0 Å².